The zero-order valence-corrected chi connectivity index (χ0v) is 19.7. The number of rotatable bonds is 6. The Morgan fingerprint density at radius 2 is 1.72 bits per heavy atom. The normalized spacial score (nSPS) is 13.0. The van der Waals surface area contributed by atoms with Crippen molar-refractivity contribution >= 4 is 32.7 Å². The average molecular weight is 448 g/mol. The minimum atomic E-state index is -1.17. The first-order chi connectivity index (χ1) is 15.5. The first kappa shape index (κ1) is 22.4. The van der Waals surface area contributed by atoms with Crippen LogP contribution in [0.15, 0.2) is 64.5 Å². The second-order valence-corrected chi connectivity index (χ2v) is 9.59. The van der Waals surface area contributed by atoms with Crippen molar-refractivity contribution < 1.29 is 4.21 Å². The predicted molar refractivity (Wildman–Crippen MR) is 132 cm³/mol. The van der Waals surface area contributed by atoms with Gasteiger partial charge in [0.2, 0.25) is 0 Å². The third kappa shape index (κ3) is 4.25. The SMILES string of the molecule is CCCN(CCC)S(=O)c1ccc2[nH]c(=O)c3cccc4c3c2c1C4.Cc1ccncc1. The number of hydrogen-bond donors (Lipinski definition) is 1. The van der Waals surface area contributed by atoms with E-state index in [9.17, 15) is 9.00 Å². The van der Waals surface area contributed by atoms with Crippen LogP contribution in [-0.2, 0) is 17.4 Å². The molecule has 5 nitrogen and oxygen atoms in total. The summed E-state index contributed by atoms with van der Waals surface area (Å²) in [6.07, 6.45) is 6.28. The van der Waals surface area contributed by atoms with Gasteiger partial charge in [0.25, 0.3) is 5.56 Å². The van der Waals surface area contributed by atoms with Gasteiger partial charge >= 0.3 is 0 Å². The van der Waals surface area contributed by atoms with E-state index in [2.05, 4.69) is 34.2 Å². The fraction of sp³-hybridized carbons (Fsp3) is 0.308. The Kier molecular flexibility index (Phi) is 6.82. The fourth-order valence-electron chi connectivity index (χ4n) is 4.31. The van der Waals surface area contributed by atoms with Crippen molar-refractivity contribution in [3.8, 4) is 0 Å². The molecule has 0 bridgehead atoms. The molecular weight excluding hydrogens is 418 g/mol. The molecule has 1 N–H and O–H groups in total. The second kappa shape index (κ2) is 9.76. The van der Waals surface area contributed by atoms with Gasteiger partial charge in [0, 0.05) is 53.6 Å². The number of aromatic amines is 1. The van der Waals surface area contributed by atoms with Crippen LogP contribution in [0.25, 0.3) is 21.7 Å². The molecule has 0 amide bonds. The van der Waals surface area contributed by atoms with Crippen molar-refractivity contribution in [2.45, 2.75) is 44.9 Å². The van der Waals surface area contributed by atoms with Gasteiger partial charge in [-0.25, -0.2) is 8.51 Å². The van der Waals surface area contributed by atoms with E-state index in [1.807, 2.05) is 43.3 Å². The van der Waals surface area contributed by atoms with E-state index >= 15 is 0 Å². The van der Waals surface area contributed by atoms with Gasteiger partial charge in [-0.2, -0.15) is 0 Å². The summed E-state index contributed by atoms with van der Waals surface area (Å²) >= 11 is 0. The zero-order chi connectivity index (χ0) is 22.7. The molecule has 1 aliphatic carbocycles. The molecule has 6 heteroatoms. The summed E-state index contributed by atoms with van der Waals surface area (Å²) in [5.74, 6) is 0. The van der Waals surface area contributed by atoms with Crippen LogP contribution in [0, 0.1) is 6.92 Å². The van der Waals surface area contributed by atoms with Crippen LogP contribution in [0.2, 0.25) is 0 Å². The van der Waals surface area contributed by atoms with Gasteiger partial charge < -0.3 is 4.98 Å². The Balaban J connectivity index is 0.000000300. The third-order valence-corrected chi connectivity index (χ3v) is 7.34. The average Bonchev–Trinajstić information content (AvgIpc) is 3.19. The molecule has 1 aliphatic rings. The molecule has 2 aromatic heterocycles. The number of pyridine rings is 2. The molecule has 1 atom stereocenters. The van der Waals surface area contributed by atoms with E-state index in [1.54, 1.807) is 12.4 Å². The lowest BCUT2D eigenvalue weighted by atomic mass is 10.1. The quantitative estimate of drug-likeness (QED) is 0.367. The molecule has 32 heavy (non-hydrogen) atoms. The number of nitrogens with one attached hydrogen (secondary N) is 1. The number of aryl methyl sites for hydroxylation is 1. The van der Waals surface area contributed by atoms with Crippen LogP contribution in [0.3, 0.4) is 0 Å². The summed E-state index contributed by atoms with van der Waals surface area (Å²) in [6.45, 7) is 7.92. The monoisotopic (exact) mass is 447 g/mol. The molecule has 5 rings (SSSR count). The number of benzene rings is 2. The number of hydrogen-bond acceptors (Lipinski definition) is 3. The first-order valence-corrected chi connectivity index (χ1v) is 12.3. The molecule has 1 unspecified atom stereocenters. The number of nitrogens with zero attached hydrogens (tertiary/aromatic N) is 2. The summed E-state index contributed by atoms with van der Waals surface area (Å²) in [7, 11) is -1.17. The number of H-pyrrole nitrogens is 1. The van der Waals surface area contributed by atoms with Crippen LogP contribution >= 0.6 is 0 Å². The van der Waals surface area contributed by atoms with E-state index in [-0.39, 0.29) is 5.56 Å². The third-order valence-electron chi connectivity index (χ3n) is 5.75. The van der Waals surface area contributed by atoms with Crippen LogP contribution in [0.4, 0.5) is 0 Å². The van der Waals surface area contributed by atoms with E-state index in [1.165, 1.54) is 5.56 Å². The second-order valence-electron chi connectivity index (χ2n) is 8.14. The summed E-state index contributed by atoms with van der Waals surface area (Å²) in [5, 5.41) is 2.84. The molecular formula is C26H29N3O2S. The minimum Gasteiger partial charge on any atom is -0.321 e. The highest BCUT2D eigenvalue weighted by Crippen LogP contribution is 2.39. The Morgan fingerprint density at radius 1 is 1.00 bits per heavy atom. The summed E-state index contributed by atoms with van der Waals surface area (Å²) in [6, 6.07) is 13.7. The fourth-order valence-corrected chi connectivity index (χ4v) is 5.86. The lowest BCUT2D eigenvalue weighted by Gasteiger charge is -2.21. The summed E-state index contributed by atoms with van der Waals surface area (Å²) in [4.78, 5) is 20.1. The first-order valence-electron chi connectivity index (χ1n) is 11.2. The van der Waals surface area contributed by atoms with E-state index in [0.29, 0.717) is 0 Å². The zero-order valence-electron chi connectivity index (χ0n) is 18.9. The lowest BCUT2D eigenvalue weighted by molar-refractivity contribution is 0.442. The Bertz CT molecular complexity index is 1330. The Labute approximate surface area is 191 Å². The standard InChI is InChI=1S/C20H22N2O2S.C6H7N/c1-3-10-22(11-4-2)25(24)17-9-8-16-19-15(17)12-13-6-5-7-14(18(13)19)20(23)21-16;1-6-2-4-7-5-3-6/h5-9H,3-4,10-12H2,1-2H3,(H,21,23);2-5H,1H3. The highest BCUT2D eigenvalue weighted by atomic mass is 32.2. The minimum absolute atomic E-state index is 0.0512. The van der Waals surface area contributed by atoms with Crippen LogP contribution in [0.5, 0.6) is 0 Å². The number of aromatic nitrogens is 2. The van der Waals surface area contributed by atoms with Gasteiger partial charge in [-0.3, -0.25) is 9.78 Å². The molecule has 2 heterocycles. The molecule has 0 fully saturated rings. The van der Waals surface area contributed by atoms with Crippen LogP contribution in [0.1, 0.15) is 43.4 Å². The largest absolute Gasteiger partial charge is 0.321 e. The maximum absolute atomic E-state index is 13.3. The molecule has 4 aromatic rings. The van der Waals surface area contributed by atoms with E-state index in [4.69, 9.17) is 0 Å². The summed E-state index contributed by atoms with van der Waals surface area (Å²) < 4.78 is 15.3. The van der Waals surface area contributed by atoms with Crippen molar-refractivity contribution in [2.75, 3.05) is 13.1 Å². The van der Waals surface area contributed by atoms with Crippen LogP contribution in [-0.4, -0.2) is 31.6 Å². The van der Waals surface area contributed by atoms with Crippen molar-refractivity contribution in [2.24, 2.45) is 0 Å². The lowest BCUT2D eigenvalue weighted by Crippen LogP contribution is -2.28. The van der Waals surface area contributed by atoms with Crippen molar-refractivity contribution in [3.63, 3.8) is 0 Å². The van der Waals surface area contributed by atoms with Crippen molar-refractivity contribution in [1.29, 1.82) is 0 Å². The highest BCUT2D eigenvalue weighted by molar-refractivity contribution is 7.82. The van der Waals surface area contributed by atoms with Gasteiger partial charge in [0.1, 0.15) is 11.0 Å². The maximum atomic E-state index is 13.3. The maximum Gasteiger partial charge on any atom is 0.256 e. The van der Waals surface area contributed by atoms with Gasteiger partial charge in [0.15, 0.2) is 0 Å². The molecule has 0 saturated carbocycles. The van der Waals surface area contributed by atoms with Gasteiger partial charge in [-0.1, -0.05) is 26.0 Å². The highest BCUT2D eigenvalue weighted by Gasteiger charge is 2.25. The van der Waals surface area contributed by atoms with Crippen LogP contribution < -0.4 is 5.56 Å². The summed E-state index contributed by atoms with van der Waals surface area (Å²) in [5.41, 5.74) is 4.32. The van der Waals surface area contributed by atoms with E-state index < -0.39 is 11.0 Å². The molecule has 0 saturated heterocycles. The molecule has 0 aliphatic heterocycles. The van der Waals surface area contributed by atoms with Gasteiger partial charge in [-0.15, -0.1) is 0 Å². The predicted octanol–water partition coefficient (Wildman–Crippen LogP) is 5.12. The van der Waals surface area contributed by atoms with Crippen molar-refractivity contribution in [1.82, 2.24) is 14.3 Å². The van der Waals surface area contributed by atoms with Gasteiger partial charge in [0.05, 0.1) is 4.90 Å². The molecule has 166 valence electrons. The molecule has 0 radical (unpaired) electrons. The van der Waals surface area contributed by atoms with Gasteiger partial charge in [-0.05, 0) is 66.8 Å². The smallest absolute Gasteiger partial charge is 0.256 e. The molecule has 0 spiro atoms. The molecule has 2 aromatic carbocycles. The van der Waals surface area contributed by atoms with E-state index in [0.717, 1.165) is 70.0 Å². The van der Waals surface area contributed by atoms with Crippen molar-refractivity contribution in [3.05, 3.63) is 81.9 Å². The topological polar surface area (TPSA) is 66.1 Å². The Hall–Kier alpha value is -2.83. The Morgan fingerprint density at radius 3 is 2.34 bits per heavy atom.